The fourth-order valence-electron chi connectivity index (χ4n) is 3.03. The summed E-state index contributed by atoms with van der Waals surface area (Å²) in [5, 5.41) is 8.06. The zero-order valence-electron chi connectivity index (χ0n) is 14.2. The molecule has 2 aromatic heterocycles. The van der Waals surface area contributed by atoms with Crippen LogP contribution in [0, 0.1) is 0 Å². The monoisotopic (exact) mass is 369 g/mol. The van der Waals surface area contributed by atoms with E-state index in [1.165, 1.54) is 18.2 Å². The van der Waals surface area contributed by atoms with Gasteiger partial charge in [0.05, 0.1) is 6.26 Å². The third-order valence-corrected chi connectivity index (χ3v) is 5.43. The Labute approximate surface area is 155 Å². The number of carbonyl (C=O) groups excluding carboxylic acids is 1. The molecule has 1 atom stereocenters. The van der Waals surface area contributed by atoms with Gasteiger partial charge in [-0.3, -0.25) is 4.79 Å². The van der Waals surface area contributed by atoms with Crippen molar-refractivity contribution in [1.29, 1.82) is 0 Å². The summed E-state index contributed by atoms with van der Waals surface area (Å²) in [5.74, 6) is 0.927. The molecule has 0 unspecified atom stereocenters. The molecule has 1 aliphatic heterocycles. The van der Waals surface area contributed by atoms with E-state index in [1.807, 2.05) is 35.2 Å². The number of thioether (sulfide) groups is 1. The molecular weight excluding hydrogens is 350 g/mol. The number of carbonyl (C=O) groups is 1. The Kier molecular flexibility index (Phi) is 5.06. The maximum Gasteiger partial charge on any atom is 0.284 e. The Morgan fingerprint density at radius 1 is 1.04 bits per heavy atom. The van der Waals surface area contributed by atoms with Crippen molar-refractivity contribution in [3.05, 3.63) is 54.3 Å². The highest BCUT2D eigenvalue weighted by Gasteiger charge is 2.30. The normalized spacial score (nSPS) is 15.8. The number of nitrogens with zero attached hydrogens (tertiary/aromatic N) is 3. The van der Waals surface area contributed by atoms with Crippen LogP contribution in [0.5, 0.6) is 0 Å². The van der Waals surface area contributed by atoms with Crippen molar-refractivity contribution in [1.82, 2.24) is 15.1 Å². The van der Waals surface area contributed by atoms with Gasteiger partial charge in [-0.2, -0.15) is 0 Å². The summed E-state index contributed by atoms with van der Waals surface area (Å²) in [6, 6.07) is 13.3. The lowest BCUT2D eigenvalue weighted by Crippen LogP contribution is -2.38. The zero-order chi connectivity index (χ0) is 17.8. The summed E-state index contributed by atoms with van der Waals surface area (Å²) in [7, 11) is 0. The molecule has 0 bridgehead atoms. The minimum Gasteiger partial charge on any atom is -0.459 e. The topological polar surface area (TPSA) is 72.4 Å². The number of furan rings is 1. The molecule has 1 amide bonds. The summed E-state index contributed by atoms with van der Waals surface area (Å²) in [6.07, 6.45) is 4.85. The first-order valence-electron chi connectivity index (χ1n) is 8.69. The van der Waals surface area contributed by atoms with Gasteiger partial charge >= 0.3 is 0 Å². The molecule has 1 fully saturated rings. The molecule has 0 saturated carbocycles. The number of likely N-dealkylation sites (tertiary alicyclic amines) is 1. The second-order valence-corrected chi connectivity index (χ2v) is 7.20. The van der Waals surface area contributed by atoms with E-state index in [-0.39, 0.29) is 5.91 Å². The van der Waals surface area contributed by atoms with Crippen LogP contribution in [0.15, 0.2) is 62.8 Å². The third kappa shape index (κ3) is 3.67. The first kappa shape index (κ1) is 16.9. The predicted octanol–water partition coefficient (Wildman–Crippen LogP) is 4.18. The number of aromatic nitrogens is 2. The van der Waals surface area contributed by atoms with E-state index in [0.29, 0.717) is 16.9 Å². The summed E-state index contributed by atoms with van der Waals surface area (Å²) in [4.78, 5) is 15.1. The molecule has 4 rings (SSSR count). The Hall–Kier alpha value is -2.54. The Morgan fingerprint density at radius 3 is 2.58 bits per heavy atom. The Morgan fingerprint density at radius 2 is 1.85 bits per heavy atom. The summed E-state index contributed by atoms with van der Waals surface area (Å²) in [5.41, 5.74) is 0.936. The molecule has 7 heteroatoms. The molecule has 3 heterocycles. The number of hydrogen-bond acceptors (Lipinski definition) is 6. The lowest BCUT2D eigenvalue weighted by Gasteiger charge is -2.29. The first-order chi connectivity index (χ1) is 12.8. The summed E-state index contributed by atoms with van der Waals surface area (Å²) >= 11 is 1.29. The van der Waals surface area contributed by atoms with Crippen LogP contribution in [0.3, 0.4) is 0 Å². The quantitative estimate of drug-likeness (QED) is 0.628. The molecule has 26 heavy (non-hydrogen) atoms. The highest BCUT2D eigenvalue weighted by molar-refractivity contribution is 8.00. The van der Waals surface area contributed by atoms with Gasteiger partial charge in [0.1, 0.15) is 5.25 Å². The van der Waals surface area contributed by atoms with E-state index < -0.39 is 5.25 Å². The van der Waals surface area contributed by atoms with Gasteiger partial charge < -0.3 is 13.7 Å². The van der Waals surface area contributed by atoms with E-state index in [4.69, 9.17) is 8.83 Å². The number of rotatable bonds is 5. The van der Waals surface area contributed by atoms with Gasteiger partial charge in [-0.1, -0.05) is 30.3 Å². The Bertz CT molecular complexity index is 842. The second kappa shape index (κ2) is 7.78. The van der Waals surface area contributed by atoms with Gasteiger partial charge in [0.25, 0.3) is 11.1 Å². The number of amides is 1. The van der Waals surface area contributed by atoms with Gasteiger partial charge in [-0.05, 0) is 48.7 Å². The molecule has 0 radical (unpaired) electrons. The minimum atomic E-state index is -0.404. The van der Waals surface area contributed by atoms with Crippen LogP contribution >= 0.6 is 11.8 Å². The van der Waals surface area contributed by atoms with Crippen LogP contribution in [0.25, 0.3) is 11.7 Å². The van der Waals surface area contributed by atoms with Gasteiger partial charge in [-0.25, -0.2) is 0 Å². The van der Waals surface area contributed by atoms with Crippen LogP contribution in [0.1, 0.15) is 30.1 Å². The molecule has 1 aliphatic rings. The lowest BCUT2D eigenvalue weighted by atomic mass is 10.1. The third-order valence-electron chi connectivity index (χ3n) is 4.35. The Balaban J connectivity index is 1.58. The molecule has 0 spiro atoms. The van der Waals surface area contributed by atoms with E-state index in [1.54, 1.807) is 18.4 Å². The highest BCUT2D eigenvalue weighted by atomic mass is 32.2. The number of piperidine rings is 1. The van der Waals surface area contributed by atoms with Crippen molar-refractivity contribution in [2.45, 2.75) is 29.7 Å². The van der Waals surface area contributed by atoms with Crippen LogP contribution in [-0.2, 0) is 4.79 Å². The van der Waals surface area contributed by atoms with Crippen molar-refractivity contribution in [3.63, 3.8) is 0 Å². The van der Waals surface area contributed by atoms with Crippen molar-refractivity contribution >= 4 is 17.7 Å². The standard InChI is InChI=1S/C19H19N3O3S/c23-18(22-11-5-2-6-12-22)16(14-8-3-1-4-9-14)26-19-21-20-17(25-19)15-10-7-13-24-15/h1,3-4,7-10,13,16H,2,5-6,11-12H2/t16-/m0/s1. The maximum atomic E-state index is 13.1. The summed E-state index contributed by atoms with van der Waals surface area (Å²) < 4.78 is 11.0. The SMILES string of the molecule is O=C([C@@H](Sc1nnc(-c2ccco2)o1)c1ccccc1)N1CCCCC1. The van der Waals surface area contributed by atoms with E-state index in [2.05, 4.69) is 10.2 Å². The maximum absolute atomic E-state index is 13.1. The smallest absolute Gasteiger partial charge is 0.284 e. The van der Waals surface area contributed by atoms with Crippen LogP contribution in [0.2, 0.25) is 0 Å². The van der Waals surface area contributed by atoms with Gasteiger partial charge in [-0.15, -0.1) is 10.2 Å². The molecule has 1 saturated heterocycles. The van der Waals surface area contributed by atoms with E-state index in [0.717, 1.165) is 31.5 Å². The molecule has 0 aliphatic carbocycles. The molecule has 3 aromatic rings. The molecule has 6 nitrogen and oxygen atoms in total. The fourth-order valence-corrected chi connectivity index (χ4v) is 3.99. The van der Waals surface area contributed by atoms with Crippen LogP contribution < -0.4 is 0 Å². The van der Waals surface area contributed by atoms with Crippen LogP contribution in [0.4, 0.5) is 0 Å². The molecule has 134 valence electrons. The lowest BCUT2D eigenvalue weighted by molar-refractivity contribution is -0.131. The first-order valence-corrected chi connectivity index (χ1v) is 9.57. The fraction of sp³-hybridized carbons (Fsp3) is 0.316. The average Bonchev–Trinajstić information content (AvgIpc) is 3.39. The molecular formula is C19H19N3O3S. The largest absolute Gasteiger partial charge is 0.459 e. The van der Waals surface area contributed by atoms with Crippen molar-refractivity contribution in [2.75, 3.05) is 13.1 Å². The van der Waals surface area contributed by atoms with E-state index >= 15 is 0 Å². The predicted molar refractivity (Wildman–Crippen MR) is 97.5 cm³/mol. The van der Waals surface area contributed by atoms with Gasteiger partial charge in [0, 0.05) is 13.1 Å². The van der Waals surface area contributed by atoms with Crippen molar-refractivity contribution in [2.24, 2.45) is 0 Å². The highest BCUT2D eigenvalue weighted by Crippen LogP contribution is 2.37. The molecule has 0 N–H and O–H groups in total. The second-order valence-electron chi connectivity index (χ2n) is 6.14. The van der Waals surface area contributed by atoms with Gasteiger partial charge in [0.2, 0.25) is 5.91 Å². The molecule has 1 aromatic carbocycles. The van der Waals surface area contributed by atoms with E-state index in [9.17, 15) is 4.79 Å². The number of benzene rings is 1. The van der Waals surface area contributed by atoms with Gasteiger partial charge in [0.15, 0.2) is 5.76 Å². The minimum absolute atomic E-state index is 0.0960. The summed E-state index contributed by atoms with van der Waals surface area (Å²) in [6.45, 7) is 1.62. The zero-order valence-corrected chi connectivity index (χ0v) is 15.0. The van der Waals surface area contributed by atoms with Crippen molar-refractivity contribution < 1.29 is 13.6 Å². The number of hydrogen-bond donors (Lipinski definition) is 0. The van der Waals surface area contributed by atoms with Crippen LogP contribution in [-0.4, -0.2) is 34.1 Å². The average molecular weight is 369 g/mol. The van der Waals surface area contributed by atoms with Crippen molar-refractivity contribution in [3.8, 4) is 11.7 Å².